The maximum absolute atomic E-state index is 13.6. The van der Waals surface area contributed by atoms with Crippen LogP contribution in [-0.2, 0) is 16.4 Å². The monoisotopic (exact) mass is 465 g/mol. The third kappa shape index (κ3) is 4.28. The van der Waals surface area contributed by atoms with E-state index < -0.39 is 15.1 Å². The van der Waals surface area contributed by atoms with Crippen molar-refractivity contribution >= 4 is 42.4 Å². The summed E-state index contributed by atoms with van der Waals surface area (Å²) in [4.78, 5) is 24.2. The summed E-state index contributed by atoms with van der Waals surface area (Å²) in [6, 6.07) is 15.9. The van der Waals surface area contributed by atoms with E-state index in [2.05, 4.69) is 4.98 Å². The van der Waals surface area contributed by atoms with Crippen LogP contribution in [0.5, 0.6) is 0 Å². The summed E-state index contributed by atoms with van der Waals surface area (Å²) >= 11 is 1.44. The number of para-hydroxylation sites is 1. The van der Waals surface area contributed by atoms with E-state index in [1.165, 1.54) is 23.5 Å². The summed E-state index contributed by atoms with van der Waals surface area (Å²) in [7, 11) is -3.50. The molecule has 0 unspecified atom stereocenters. The van der Waals surface area contributed by atoms with Crippen molar-refractivity contribution in [1.82, 2.24) is 9.97 Å². The Morgan fingerprint density at radius 2 is 1.78 bits per heavy atom. The molecule has 6 nitrogen and oxygen atoms in total. The number of amides is 1. The van der Waals surface area contributed by atoms with Gasteiger partial charge in [0, 0.05) is 18.0 Å². The lowest BCUT2D eigenvalue weighted by Gasteiger charge is -2.20. The van der Waals surface area contributed by atoms with Gasteiger partial charge in [-0.1, -0.05) is 29.5 Å². The molecule has 0 saturated carbocycles. The SMILES string of the molecule is Cc1cccc2sc(N(Cc3ccncc3)C(=O)c3cccc(S(=O)(=O)C(C)C)c3)nc12. The fraction of sp³-hybridized carbons (Fsp3) is 0.208. The van der Waals surface area contributed by atoms with Crippen LogP contribution in [0.3, 0.4) is 0 Å². The predicted molar refractivity (Wildman–Crippen MR) is 128 cm³/mol. The van der Waals surface area contributed by atoms with E-state index in [0.29, 0.717) is 17.2 Å². The van der Waals surface area contributed by atoms with Gasteiger partial charge in [0.25, 0.3) is 5.91 Å². The number of hydrogen-bond acceptors (Lipinski definition) is 6. The Hall–Kier alpha value is -3.10. The zero-order chi connectivity index (χ0) is 22.9. The maximum Gasteiger partial charge on any atom is 0.260 e. The molecule has 2 aromatic heterocycles. The highest BCUT2D eigenvalue weighted by Gasteiger charge is 2.25. The van der Waals surface area contributed by atoms with Crippen LogP contribution >= 0.6 is 11.3 Å². The molecule has 0 saturated heterocycles. The molecule has 4 rings (SSSR count). The van der Waals surface area contributed by atoms with Gasteiger partial charge in [-0.3, -0.25) is 14.7 Å². The molecule has 0 spiro atoms. The lowest BCUT2D eigenvalue weighted by Crippen LogP contribution is -2.30. The molecule has 1 amide bonds. The number of aromatic nitrogens is 2. The van der Waals surface area contributed by atoms with Crippen molar-refractivity contribution < 1.29 is 13.2 Å². The van der Waals surface area contributed by atoms with Crippen molar-refractivity contribution in [3.8, 4) is 0 Å². The minimum Gasteiger partial charge on any atom is -0.279 e. The standard InChI is InChI=1S/C24H23N3O3S2/c1-16(2)32(29,30)20-8-5-7-19(14-20)23(28)27(15-18-10-12-25-13-11-18)24-26-22-17(3)6-4-9-21(22)31-24/h4-14,16H,15H2,1-3H3. The van der Waals surface area contributed by atoms with Gasteiger partial charge in [-0.2, -0.15) is 0 Å². The van der Waals surface area contributed by atoms with Crippen LogP contribution in [0.1, 0.15) is 35.3 Å². The fourth-order valence-electron chi connectivity index (χ4n) is 3.32. The van der Waals surface area contributed by atoms with Crippen LogP contribution in [0.4, 0.5) is 5.13 Å². The van der Waals surface area contributed by atoms with Crippen LogP contribution in [0, 0.1) is 6.92 Å². The molecule has 0 aliphatic carbocycles. The molecule has 4 aromatic rings. The van der Waals surface area contributed by atoms with E-state index in [1.54, 1.807) is 43.3 Å². The second kappa shape index (κ2) is 8.80. The normalized spacial score (nSPS) is 11.8. The Morgan fingerprint density at radius 3 is 2.47 bits per heavy atom. The first-order valence-electron chi connectivity index (χ1n) is 10.2. The number of carbonyl (C=O) groups excluding carboxylic acids is 1. The van der Waals surface area contributed by atoms with Gasteiger partial charge < -0.3 is 0 Å². The van der Waals surface area contributed by atoms with Gasteiger partial charge in [-0.15, -0.1) is 0 Å². The van der Waals surface area contributed by atoms with Gasteiger partial charge in [0.15, 0.2) is 15.0 Å². The molecule has 8 heteroatoms. The summed E-state index contributed by atoms with van der Waals surface area (Å²) < 4.78 is 26.3. The second-order valence-corrected chi connectivity index (χ2v) is 11.3. The average Bonchev–Trinajstić information content (AvgIpc) is 3.23. The molecular formula is C24H23N3O3S2. The zero-order valence-electron chi connectivity index (χ0n) is 18.0. The average molecular weight is 466 g/mol. The molecule has 2 aromatic carbocycles. The van der Waals surface area contributed by atoms with Crippen LogP contribution in [0.2, 0.25) is 0 Å². The molecule has 0 aliphatic rings. The van der Waals surface area contributed by atoms with Crippen molar-refractivity contribution in [3.63, 3.8) is 0 Å². The van der Waals surface area contributed by atoms with Crippen LogP contribution in [0.15, 0.2) is 71.9 Å². The summed E-state index contributed by atoms with van der Waals surface area (Å²) in [5, 5.41) is -0.0127. The lowest BCUT2D eigenvalue weighted by molar-refractivity contribution is 0.0985. The maximum atomic E-state index is 13.6. The number of fused-ring (bicyclic) bond motifs is 1. The van der Waals surface area contributed by atoms with Crippen molar-refractivity contribution in [2.45, 2.75) is 37.5 Å². The molecule has 0 radical (unpaired) electrons. The number of hydrogen-bond donors (Lipinski definition) is 0. The van der Waals surface area contributed by atoms with Gasteiger partial charge in [0.2, 0.25) is 0 Å². The number of carbonyl (C=O) groups is 1. The van der Waals surface area contributed by atoms with Gasteiger partial charge in [-0.05, 0) is 68.3 Å². The number of rotatable bonds is 6. The fourth-order valence-corrected chi connectivity index (χ4v) is 5.47. The largest absolute Gasteiger partial charge is 0.279 e. The first-order valence-corrected chi connectivity index (χ1v) is 12.5. The van der Waals surface area contributed by atoms with E-state index in [1.807, 2.05) is 37.3 Å². The minimum atomic E-state index is -3.50. The number of pyridine rings is 1. The smallest absolute Gasteiger partial charge is 0.260 e. The van der Waals surface area contributed by atoms with E-state index in [-0.39, 0.29) is 10.8 Å². The lowest BCUT2D eigenvalue weighted by atomic mass is 10.2. The molecule has 0 aliphatic heterocycles. The highest BCUT2D eigenvalue weighted by atomic mass is 32.2. The Kier molecular flexibility index (Phi) is 6.08. The molecular weight excluding hydrogens is 442 g/mol. The molecule has 0 atom stereocenters. The summed E-state index contributed by atoms with van der Waals surface area (Å²) in [5.41, 5.74) is 3.09. The number of anilines is 1. The molecule has 0 N–H and O–H groups in total. The van der Waals surface area contributed by atoms with Crippen molar-refractivity contribution in [2.75, 3.05) is 4.90 Å². The number of benzene rings is 2. The Labute approximate surface area is 191 Å². The summed E-state index contributed by atoms with van der Waals surface area (Å²) in [5.74, 6) is -0.306. The Balaban J connectivity index is 1.79. The molecule has 32 heavy (non-hydrogen) atoms. The van der Waals surface area contributed by atoms with Crippen molar-refractivity contribution in [1.29, 1.82) is 0 Å². The topological polar surface area (TPSA) is 80.2 Å². The van der Waals surface area contributed by atoms with Crippen molar-refractivity contribution in [3.05, 3.63) is 83.7 Å². The van der Waals surface area contributed by atoms with Crippen molar-refractivity contribution in [2.24, 2.45) is 0 Å². The predicted octanol–water partition coefficient (Wildman–Crippen LogP) is 5.03. The molecule has 0 bridgehead atoms. The number of nitrogens with zero attached hydrogens (tertiary/aromatic N) is 3. The minimum absolute atomic E-state index is 0.141. The highest BCUT2D eigenvalue weighted by molar-refractivity contribution is 7.92. The Bertz CT molecular complexity index is 1380. The van der Waals surface area contributed by atoms with Gasteiger partial charge in [0.1, 0.15) is 0 Å². The van der Waals surface area contributed by atoms with E-state index >= 15 is 0 Å². The highest BCUT2D eigenvalue weighted by Crippen LogP contribution is 2.32. The molecule has 0 fully saturated rings. The van der Waals surface area contributed by atoms with Crippen LogP contribution < -0.4 is 4.90 Å². The zero-order valence-corrected chi connectivity index (χ0v) is 19.7. The summed E-state index contributed by atoms with van der Waals surface area (Å²) in [6.07, 6.45) is 3.35. The number of aryl methyl sites for hydroxylation is 1. The first-order chi connectivity index (χ1) is 15.3. The van der Waals surface area contributed by atoms with E-state index in [9.17, 15) is 13.2 Å². The Morgan fingerprint density at radius 1 is 1.06 bits per heavy atom. The van der Waals surface area contributed by atoms with Crippen LogP contribution in [-0.4, -0.2) is 29.5 Å². The third-order valence-electron chi connectivity index (χ3n) is 5.21. The summed E-state index contributed by atoms with van der Waals surface area (Å²) in [6.45, 7) is 5.54. The first kappa shape index (κ1) is 22.1. The second-order valence-electron chi connectivity index (χ2n) is 7.79. The molecule has 164 valence electrons. The third-order valence-corrected chi connectivity index (χ3v) is 8.40. The molecule has 2 heterocycles. The van der Waals surface area contributed by atoms with Gasteiger partial charge in [-0.25, -0.2) is 13.4 Å². The van der Waals surface area contributed by atoms with Crippen LogP contribution in [0.25, 0.3) is 10.2 Å². The van der Waals surface area contributed by atoms with Gasteiger partial charge in [0.05, 0.1) is 26.9 Å². The van der Waals surface area contributed by atoms with E-state index in [0.717, 1.165) is 21.3 Å². The van der Waals surface area contributed by atoms with E-state index in [4.69, 9.17) is 4.98 Å². The number of thiazole rings is 1. The number of sulfone groups is 1. The quantitative estimate of drug-likeness (QED) is 0.399. The van der Waals surface area contributed by atoms with Gasteiger partial charge >= 0.3 is 0 Å².